The highest BCUT2D eigenvalue weighted by Gasteiger charge is 2.39. The standard InChI is InChI=1S/C19H29N2O9P/c1-13(18(25)26)21-31(27,30-14-8-6-5-7-9-14)29-12-19(2,3)16(23)17(24)20-11-10-15(22)28-4/h5-9,13,16,23H,10-12H2,1-4H3,(H,20,24)(H,21,27)(H,25,26)/t13?,16-,31?/m0/s1. The van der Waals surface area contributed by atoms with E-state index in [-0.39, 0.29) is 18.7 Å². The third-order valence-electron chi connectivity index (χ3n) is 4.14. The summed E-state index contributed by atoms with van der Waals surface area (Å²) in [6.45, 7) is 3.80. The van der Waals surface area contributed by atoms with Crippen molar-refractivity contribution in [3.05, 3.63) is 30.3 Å². The summed E-state index contributed by atoms with van der Waals surface area (Å²) in [7, 11) is -2.97. The van der Waals surface area contributed by atoms with E-state index in [1.165, 1.54) is 40.0 Å². The highest BCUT2D eigenvalue weighted by Crippen LogP contribution is 2.46. The lowest BCUT2D eigenvalue weighted by atomic mass is 9.87. The van der Waals surface area contributed by atoms with Crippen molar-refractivity contribution in [3.8, 4) is 5.75 Å². The minimum absolute atomic E-state index is 0.0349. The van der Waals surface area contributed by atoms with Gasteiger partial charge in [-0.15, -0.1) is 0 Å². The van der Waals surface area contributed by atoms with Gasteiger partial charge in [-0.05, 0) is 19.1 Å². The van der Waals surface area contributed by atoms with Crippen LogP contribution >= 0.6 is 7.75 Å². The van der Waals surface area contributed by atoms with Gasteiger partial charge in [-0.1, -0.05) is 32.0 Å². The highest BCUT2D eigenvalue weighted by atomic mass is 31.2. The molecule has 0 saturated heterocycles. The monoisotopic (exact) mass is 460 g/mol. The van der Waals surface area contributed by atoms with Crippen LogP contribution in [0.25, 0.3) is 0 Å². The maximum Gasteiger partial charge on any atom is 0.459 e. The first-order valence-electron chi connectivity index (χ1n) is 9.42. The fraction of sp³-hybridized carbons (Fsp3) is 0.526. The average molecular weight is 460 g/mol. The number of ether oxygens (including phenoxy) is 1. The van der Waals surface area contributed by atoms with Crippen LogP contribution in [0.5, 0.6) is 5.75 Å². The van der Waals surface area contributed by atoms with Gasteiger partial charge in [0.05, 0.1) is 20.1 Å². The number of carboxylic acids is 1. The van der Waals surface area contributed by atoms with Gasteiger partial charge in [-0.2, -0.15) is 5.09 Å². The van der Waals surface area contributed by atoms with Gasteiger partial charge in [0.1, 0.15) is 17.9 Å². The van der Waals surface area contributed by atoms with E-state index in [1.807, 2.05) is 0 Å². The number of carbonyl (C=O) groups excluding carboxylic acids is 2. The zero-order valence-corrected chi connectivity index (χ0v) is 18.8. The summed E-state index contributed by atoms with van der Waals surface area (Å²) in [4.78, 5) is 34.5. The third kappa shape index (κ3) is 9.06. The third-order valence-corrected chi connectivity index (χ3v) is 5.77. The van der Waals surface area contributed by atoms with Crippen LogP contribution in [0.2, 0.25) is 0 Å². The Bertz CT molecular complexity index is 801. The number of nitrogens with one attached hydrogen (secondary N) is 2. The number of hydrogen-bond donors (Lipinski definition) is 4. The molecule has 3 atom stereocenters. The van der Waals surface area contributed by atoms with Crippen LogP contribution in [-0.4, -0.2) is 60.5 Å². The minimum atomic E-state index is -4.19. The first-order valence-corrected chi connectivity index (χ1v) is 11.0. The Kier molecular flexibility index (Phi) is 10.1. The molecule has 0 spiro atoms. The lowest BCUT2D eigenvalue weighted by Crippen LogP contribution is -2.46. The van der Waals surface area contributed by atoms with Gasteiger partial charge in [0.15, 0.2) is 0 Å². The van der Waals surface area contributed by atoms with Gasteiger partial charge < -0.3 is 24.8 Å². The molecule has 0 aliphatic carbocycles. The average Bonchev–Trinajstić information content (AvgIpc) is 2.72. The second-order valence-electron chi connectivity index (χ2n) is 7.37. The van der Waals surface area contributed by atoms with E-state index < -0.39 is 49.8 Å². The van der Waals surface area contributed by atoms with Crippen molar-refractivity contribution in [2.75, 3.05) is 20.3 Å². The molecule has 0 heterocycles. The Morgan fingerprint density at radius 1 is 1.19 bits per heavy atom. The summed E-state index contributed by atoms with van der Waals surface area (Å²) in [5.74, 6) is -2.38. The van der Waals surface area contributed by atoms with E-state index >= 15 is 0 Å². The number of aliphatic hydroxyl groups is 1. The SMILES string of the molecule is COC(=O)CCNC(=O)[C@H](O)C(C)(C)COP(=O)(NC(C)C(=O)O)Oc1ccccc1. The Hall–Kier alpha value is -2.46. The number of methoxy groups -OCH3 is 1. The van der Waals surface area contributed by atoms with Gasteiger partial charge >= 0.3 is 19.7 Å². The van der Waals surface area contributed by atoms with Crippen molar-refractivity contribution in [1.82, 2.24) is 10.4 Å². The molecule has 174 valence electrons. The molecule has 0 aromatic heterocycles. The minimum Gasteiger partial charge on any atom is -0.480 e. The summed E-state index contributed by atoms with van der Waals surface area (Å²) < 4.78 is 28.4. The predicted octanol–water partition coefficient (Wildman–Crippen LogP) is 1.32. The number of benzene rings is 1. The van der Waals surface area contributed by atoms with Crippen molar-refractivity contribution in [2.45, 2.75) is 39.3 Å². The molecule has 11 nitrogen and oxygen atoms in total. The maximum atomic E-state index is 13.2. The van der Waals surface area contributed by atoms with Gasteiger partial charge in [0.2, 0.25) is 5.91 Å². The molecule has 1 amide bonds. The lowest BCUT2D eigenvalue weighted by molar-refractivity contribution is -0.141. The van der Waals surface area contributed by atoms with Crippen LogP contribution in [-0.2, 0) is 28.2 Å². The molecule has 4 N–H and O–H groups in total. The van der Waals surface area contributed by atoms with E-state index in [9.17, 15) is 24.1 Å². The Labute approximate surface area is 180 Å². The van der Waals surface area contributed by atoms with E-state index in [0.29, 0.717) is 0 Å². The van der Waals surface area contributed by atoms with Crippen molar-refractivity contribution in [3.63, 3.8) is 0 Å². The number of esters is 1. The number of para-hydroxylation sites is 1. The zero-order chi connectivity index (χ0) is 23.7. The van der Waals surface area contributed by atoms with Crippen molar-refractivity contribution < 1.29 is 42.9 Å². The number of aliphatic carboxylic acids is 1. The Morgan fingerprint density at radius 2 is 1.81 bits per heavy atom. The normalized spacial score (nSPS) is 15.3. The molecular weight excluding hydrogens is 431 g/mol. The first-order chi connectivity index (χ1) is 14.4. The van der Waals surface area contributed by atoms with Crippen LogP contribution in [0.15, 0.2) is 30.3 Å². The van der Waals surface area contributed by atoms with Crippen LogP contribution in [0.3, 0.4) is 0 Å². The fourth-order valence-electron chi connectivity index (χ4n) is 2.17. The largest absolute Gasteiger partial charge is 0.480 e. The summed E-state index contributed by atoms with van der Waals surface area (Å²) in [6, 6.07) is 6.74. The number of amides is 1. The summed E-state index contributed by atoms with van der Waals surface area (Å²) in [5, 5.41) is 24.2. The molecule has 1 aromatic rings. The van der Waals surface area contributed by atoms with E-state index in [2.05, 4.69) is 15.1 Å². The van der Waals surface area contributed by atoms with E-state index in [1.54, 1.807) is 18.2 Å². The van der Waals surface area contributed by atoms with Crippen LogP contribution in [0.1, 0.15) is 27.2 Å². The molecule has 0 fully saturated rings. The molecule has 31 heavy (non-hydrogen) atoms. The molecule has 0 saturated carbocycles. The van der Waals surface area contributed by atoms with Gasteiger partial charge in [0, 0.05) is 12.0 Å². The molecule has 0 aliphatic rings. The Morgan fingerprint density at radius 3 is 2.35 bits per heavy atom. The van der Waals surface area contributed by atoms with Crippen LogP contribution in [0, 0.1) is 5.41 Å². The number of aliphatic hydroxyl groups excluding tert-OH is 1. The second-order valence-corrected chi connectivity index (χ2v) is 9.07. The molecule has 1 aromatic carbocycles. The number of carbonyl (C=O) groups is 3. The molecule has 0 aliphatic heterocycles. The number of carboxylic acid groups (broad SMARTS) is 1. The highest BCUT2D eigenvalue weighted by molar-refractivity contribution is 7.52. The predicted molar refractivity (Wildman–Crippen MR) is 110 cm³/mol. The first kappa shape index (κ1) is 26.6. The molecular formula is C19H29N2O9P. The molecule has 2 unspecified atom stereocenters. The number of rotatable bonds is 13. The summed E-state index contributed by atoms with van der Waals surface area (Å²) in [6.07, 6.45) is -1.64. The van der Waals surface area contributed by atoms with Crippen LogP contribution in [0.4, 0.5) is 0 Å². The lowest BCUT2D eigenvalue weighted by Gasteiger charge is -2.31. The summed E-state index contributed by atoms with van der Waals surface area (Å²) in [5.41, 5.74) is -1.24. The molecule has 0 bridgehead atoms. The van der Waals surface area contributed by atoms with Crippen LogP contribution < -0.4 is 14.9 Å². The number of hydrogen-bond acceptors (Lipinski definition) is 8. The smallest absolute Gasteiger partial charge is 0.459 e. The topological polar surface area (TPSA) is 160 Å². The van der Waals surface area contributed by atoms with Crippen molar-refractivity contribution >= 4 is 25.6 Å². The summed E-state index contributed by atoms with van der Waals surface area (Å²) >= 11 is 0. The van der Waals surface area contributed by atoms with E-state index in [0.717, 1.165) is 0 Å². The van der Waals surface area contributed by atoms with Crippen molar-refractivity contribution in [1.29, 1.82) is 0 Å². The van der Waals surface area contributed by atoms with Gasteiger partial charge in [-0.3, -0.25) is 18.9 Å². The quantitative estimate of drug-likeness (QED) is 0.250. The molecule has 0 radical (unpaired) electrons. The van der Waals surface area contributed by atoms with E-state index in [4.69, 9.17) is 14.2 Å². The second kappa shape index (κ2) is 11.8. The van der Waals surface area contributed by atoms with Gasteiger partial charge in [0.25, 0.3) is 0 Å². The Balaban J connectivity index is 2.83. The molecule has 12 heteroatoms. The van der Waals surface area contributed by atoms with Crippen molar-refractivity contribution in [2.24, 2.45) is 5.41 Å². The van der Waals surface area contributed by atoms with Gasteiger partial charge in [-0.25, -0.2) is 4.57 Å². The zero-order valence-electron chi connectivity index (χ0n) is 17.9. The fourth-order valence-corrected chi connectivity index (χ4v) is 3.84. The molecule has 1 rings (SSSR count). The maximum absolute atomic E-state index is 13.2.